The van der Waals surface area contributed by atoms with Crippen molar-refractivity contribution in [3.63, 3.8) is 0 Å². The van der Waals surface area contributed by atoms with Crippen LogP contribution in [-0.2, 0) is 7.05 Å². The zero-order valence-electron chi connectivity index (χ0n) is 12.4. The van der Waals surface area contributed by atoms with Crippen molar-refractivity contribution in [2.24, 2.45) is 18.4 Å². The van der Waals surface area contributed by atoms with Crippen LogP contribution in [0.15, 0.2) is 12.3 Å². The molecule has 19 heavy (non-hydrogen) atoms. The number of ketones is 1. The van der Waals surface area contributed by atoms with Gasteiger partial charge in [-0.3, -0.25) is 4.79 Å². The topological polar surface area (TPSA) is 59.3 Å². The molecule has 0 aromatic carbocycles. The number of carboxylic acids is 1. The highest BCUT2D eigenvalue weighted by Crippen LogP contribution is 2.27. The Morgan fingerprint density at radius 3 is 2.37 bits per heavy atom. The van der Waals surface area contributed by atoms with E-state index in [0.717, 1.165) is 6.42 Å². The van der Waals surface area contributed by atoms with E-state index in [9.17, 15) is 9.59 Å². The van der Waals surface area contributed by atoms with Gasteiger partial charge in [-0.2, -0.15) is 0 Å². The normalized spacial score (nSPS) is 13.3. The van der Waals surface area contributed by atoms with Crippen molar-refractivity contribution in [3.8, 4) is 0 Å². The third kappa shape index (κ3) is 4.54. The molecule has 1 atom stereocenters. The van der Waals surface area contributed by atoms with Crippen molar-refractivity contribution in [2.75, 3.05) is 0 Å². The fourth-order valence-electron chi connectivity index (χ4n) is 2.48. The van der Waals surface area contributed by atoms with Gasteiger partial charge >= 0.3 is 5.97 Å². The second-order valence-electron chi connectivity index (χ2n) is 6.53. The van der Waals surface area contributed by atoms with E-state index in [2.05, 4.69) is 27.7 Å². The smallest absolute Gasteiger partial charge is 0.352 e. The molecular weight excluding hydrogens is 242 g/mol. The van der Waals surface area contributed by atoms with Crippen LogP contribution in [0.5, 0.6) is 0 Å². The van der Waals surface area contributed by atoms with Gasteiger partial charge in [-0.15, -0.1) is 0 Å². The number of aryl methyl sites for hydroxylation is 1. The minimum Gasteiger partial charge on any atom is -0.477 e. The minimum atomic E-state index is -1.01. The molecule has 0 fully saturated rings. The Balaban J connectivity index is 2.74. The van der Waals surface area contributed by atoms with E-state index in [1.807, 2.05) is 0 Å². The van der Waals surface area contributed by atoms with Crippen LogP contribution in [0.1, 0.15) is 61.4 Å². The van der Waals surface area contributed by atoms with Gasteiger partial charge in [0.15, 0.2) is 5.78 Å². The molecule has 1 aromatic heterocycles. The standard InChI is InChI=1S/C15H23NO3/c1-10(8-15(2,3)4)6-13(17)11-7-12(14(18)19)16(5)9-11/h7,9-10H,6,8H2,1-5H3,(H,18,19). The number of Topliss-reactive ketones (excluding diaryl/α,β-unsaturated/α-hetero) is 1. The lowest BCUT2D eigenvalue weighted by molar-refractivity contribution is 0.0686. The lowest BCUT2D eigenvalue weighted by Crippen LogP contribution is -2.14. The molecule has 0 amide bonds. The van der Waals surface area contributed by atoms with Crippen molar-refractivity contribution in [2.45, 2.75) is 40.5 Å². The first-order valence-corrected chi connectivity index (χ1v) is 6.53. The highest BCUT2D eigenvalue weighted by atomic mass is 16.4. The summed E-state index contributed by atoms with van der Waals surface area (Å²) in [6.07, 6.45) is 3.02. The van der Waals surface area contributed by atoms with Crippen molar-refractivity contribution < 1.29 is 14.7 Å². The first-order valence-electron chi connectivity index (χ1n) is 6.53. The maximum absolute atomic E-state index is 12.1. The van der Waals surface area contributed by atoms with Crippen LogP contribution in [0, 0.1) is 11.3 Å². The minimum absolute atomic E-state index is 0.0138. The van der Waals surface area contributed by atoms with Gasteiger partial charge in [0.05, 0.1) is 0 Å². The lowest BCUT2D eigenvalue weighted by atomic mass is 9.83. The first kappa shape index (κ1) is 15.5. The number of hydrogen-bond donors (Lipinski definition) is 1. The fourth-order valence-corrected chi connectivity index (χ4v) is 2.48. The molecule has 0 aliphatic heterocycles. The molecule has 0 radical (unpaired) electrons. The van der Waals surface area contributed by atoms with E-state index in [1.54, 1.807) is 13.2 Å². The van der Waals surface area contributed by atoms with Gasteiger partial charge in [-0.25, -0.2) is 4.79 Å². The van der Waals surface area contributed by atoms with Crippen LogP contribution in [0.4, 0.5) is 0 Å². The number of carbonyl (C=O) groups is 2. The Hall–Kier alpha value is -1.58. The average molecular weight is 265 g/mol. The molecular formula is C15H23NO3. The van der Waals surface area contributed by atoms with E-state index in [4.69, 9.17) is 5.11 Å². The van der Waals surface area contributed by atoms with Gasteiger partial charge < -0.3 is 9.67 Å². The van der Waals surface area contributed by atoms with E-state index in [0.29, 0.717) is 17.9 Å². The molecule has 4 nitrogen and oxygen atoms in total. The monoisotopic (exact) mass is 265 g/mol. The fraction of sp³-hybridized carbons (Fsp3) is 0.600. The zero-order valence-corrected chi connectivity index (χ0v) is 12.4. The summed E-state index contributed by atoms with van der Waals surface area (Å²) in [5.74, 6) is -0.704. The van der Waals surface area contributed by atoms with Gasteiger partial charge in [-0.1, -0.05) is 27.7 Å². The van der Waals surface area contributed by atoms with Crippen LogP contribution >= 0.6 is 0 Å². The molecule has 0 bridgehead atoms. The third-order valence-corrected chi connectivity index (χ3v) is 3.04. The summed E-state index contributed by atoms with van der Waals surface area (Å²) in [4.78, 5) is 23.1. The molecule has 106 valence electrons. The van der Waals surface area contributed by atoms with Crippen LogP contribution in [-0.4, -0.2) is 21.4 Å². The predicted molar refractivity (Wildman–Crippen MR) is 74.6 cm³/mol. The van der Waals surface area contributed by atoms with E-state index in [1.165, 1.54) is 10.6 Å². The summed E-state index contributed by atoms with van der Waals surface area (Å²) >= 11 is 0. The number of hydrogen-bond acceptors (Lipinski definition) is 2. The summed E-state index contributed by atoms with van der Waals surface area (Å²) in [5, 5.41) is 8.96. The third-order valence-electron chi connectivity index (χ3n) is 3.04. The summed E-state index contributed by atoms with van der Waals surface area (Å²) in [6, 6.07) is 1.45. The number of aromatic carboxylic acids is 1. The number of carboxylic acid groups (broad SMARTS) is 1. The van der Waals surface area contributed by atoms with Crippen molar-refractivity contribution >= 4 is 11.8 Å². The summed E-state index contributed by atoms with van der Waals surface area (Å²) in [5.41, 5.74) is 0.829. The molecule has 0 spiro atoms. The molecule has 1 N–H and O–H groups in total. The predicted octanol–water partition coefficient (Wildman–Crippen LogP) is 3.37. The lowest BCUT2D eigenvalue weighted by Gasteiger charge is -2.22. The molecule has 0 aliphatic carbocycles. The van der Waals surface area contributed by atoms with Crippen LogP contribution in [0.25, 0.3) is 0 Å². The van der Waals surface area contributed by atoms with Crippen molar-refractivity contribution in [1.29, 1.82) is 0 Å². The van der Waals surface area contributed by atoms with Gasteiger partial charge in [0.25, 0.3) is 0 Å². The molecule has 4 heteroatoms. The molecule has 1 heterocycles. The molecule has 0 aliphatic rings. The summed E-state index contributed by atoms with van der Waals surface area (Å²) in [7, 11) is 1.64. The number of aromatic nitrogens is 1. The Bertz CT molecular complexity index is 480. The summed E-state index contributed by atoms with van der Waals surface area (Å²) < 4.78 is 1.48. The van der Waals surface area contributed by atoms with Crippen molar-refractivity contribution in [3.05, 3.63) is 23.5 Å². The zero-order chi connectivity index (χ0) is 14.8. The maximum Gasteiger partial charge on any atom is 0.352 e. The number of carbonyl (C=O) groups excluding carboxylic acids is 1. The van der Waals surface area contributed by atoms with Crippen LogP contribution in [0.2, 0.25) is 0 Å². The Morgan fingerprint density at radius 1 is 1.37 bits per heavy atom. The molecule has 0 saturated carbocycles. The average Bonchev–Trinajstić information content (AvgIpc) is 2.57. The first-order chi connectivity index (χ1) is 8.60. The van der Waals surface area contributed by atoms with E-state index in [-0.39, 0.29) is 16.9 Å². The largest absolute Gasteiger partial charge is 0.477 e. The van der Waals surface area contributed by atoms with Gasteiger partial charge in [0.1, 0.15) is 5.69 Å². The second kappa shape index (κ2) is 5.59. The molecule has 0 saturated heterocycles. The van der Waals surface area contributed by atoms with Crippen LogP contribution < -0.4 is 0 Å². The maximum atomic E-state index is 12.1. The van der Waals surface area contributed by atoms with Crippen LogP contribution in [0.3, 0.4) is 0 Å². The molecule has 1 unspecified atom stereocenters. The Labute approximate surface area is 114 Å². The highest BCUT2D eigenvalue weighted by Gasteiger charge is 2.20. The summed E-state index contributed by atoms with van der Waals surface area (Å²) in [6.45, 7) is 8.52. The Kier molecular flexibility index (Phi) is 4.56. The SMILES string of the molecule is CC(CC(=O)c1cc(C(=O)O)n(C)c1)CC(C)(C)C. The quantitative estimate of drug-likeness (QED) is 0.830. The number of nitrogens with zero attached hydrogens (tertiary/aromatic N) is 1. The van der Waals surface area contributed by atoms with Gasteiger partial charge in [0.2, 0.25) is 0 Å². The highest BCUT2D eigenvalue weighted by molar-refractivity contribution is 5.98. The van der Waals surface area contributed by atoms with E-state index >= 15 is 0 Å². The van der Waals surface area contributed by atoms with Gasteiger partial charge in [0, 0.05) is 25.2 Å². The van der Waals surface area contributed by atoms with Gasteiger partial charge in [-0.05, 0) is 23.8 Å². The Morgan fingerprint density at radius 2 is 1.95 bits per heavy atom. The number of rotatable bonds is 5. The molecule has 1 aromatic rings. The van der Waals surface area contributed by atoms with E-state index < -0.39 is 5.97 Å². The molecule has 1 rings (SSSR count). The van der Waals surface area contributed by atoms with Crippen molar-refractivity contribution in [1.82, 2.24) is 4.57 Å². The second-order valence-corrected chi connectivity index (χ2v) is 6.53.